The molecule has 0 radical (unpaired) electrons. The Bertz CT molecular complexity index is 830. The van der Waals surface area contributed by atoms with Crippen molar-refractivity contribution in [2.45, 2.75) is 50.0 Å². The summed E-state index contributed by atoms with van der Waals surface area (Å²) in [5.74, 6) is -0.888. The summed E-state index contributed by atoms with van der Waals surface area (Å²) in [6, 6.07) is 7.28. The molecule has 152 valence electrons. The SMILES string of the molecule is CCC1CCCCN1C(=O)COC(=O)c1ccc(S(=O)(=O)NCCC#N)cc1. The van der Waals surface area contributed by atoms with Crippen LogP contribution >= 0.6 is 0 Å². The van der Waals surface area contributed by atoms with Gasteiger partial charge in [0.05, 0.1) is 16.5 Å². The van der Waals surface area contributed by atoms with Gasteiger partial charge in [-0.3, -0.25) is 4.79 Å². The molecule has 9 heteroatoms. The van der Waals surface area contributed by atoms with E-state index in [1.165, 1.54) is 24.3 Å². The number of nitrogens with one attached hydrogen (secondary N) is 1. The maximum Gasteiger partial charge on any atom is 0.338 e. The fourth-order valence-corrected chi connectivity index (χ4v) is 4.17. The van der Waals surface area contributed by atoms with Crippen molar-refractivity contribution in [1.29, 1.82) is 5.26 Å². The average molecular weight is 407 g/mol. The van der Waals surface area contributed by atoms with Gasteiger partial charge in [0.2, 0.25) is 10.0 Å². The zero-order valence-corrected chi connectivity index (χ0v) is 16.7. The lowest BCUT2D eigenvalue weighted by Crippen LogP contribution is -2.45. The van der Waals surface area contributed by atoms with Crippen molar-refractivity contribution in [1.82, 2.24) is 9.62 Å². The van der Waals surface area contributed by atoms with E-state index in [-0.39, 0.29) is 42.0 Å². The number of piperidine rings is 1. The summed E-state index contributed by atoms with van der Waals surface area (Å²) in [5.41, 5.74) is 0.162. The largest absolute Gasteiger partial charge is 0.452 e. The zero-order chi connectivity index (χ0) is 20.6. The Morgan fingerprint density at radius 3 is 2.64 bits per heavy atom. The highest BCUT2D eigenvalue weighted by atomic mass is 32.2. The third kappa shape index (κ3) is 5.78. The summed E-state index contributed by atoms with van der Waals surface area (Å²) in [7, 11) is -3.74. The minimum Gasteiger partial charge on any atom is -0.452 e. The second-order valence-corrected chi connectivity index (χ2v) is 8.32. The highest BCUT2D eigenvalue weighted by molar-refractivity contribution is 7.89. The molecule has 1 aliphatic heterocycles. The number of esters is 1. The van der Waals surface area contributed by atoms with Crippen molar-refractivity contribution in [2.75, 3.05) is 19.7 Å². The first-order valence-electron chi connectivity index (χ1n) is 9.32. The third-order valence-electron chi connectivity index (χ3n) is 4.67. The van der Waals surface area contributed by atoms with Crippen molar-refractivity contribution in [3.8, 4) is 6.07 Å². The highest BCUT2D eigenvalue weighted by Gasteiger charge is 2.26. The van der Waals surface area contributed by atoms with E-state index in [4.69, 9.17) is 10.00 Å². The van der Waals surface area contributed by atoms with Gasteiger partial charge < -0.3 is 9.64 Å². The van der Waals surface area contributed by atoms with Crippen molar-refractivity contribution < 1.29 is 22.7 Å². The molecule has 28 heavy (non-hydrogen) atoms. The summed E-state index contributed by atoms with van der Waals surface area (Å²) in [5, 5.41) is 8.47. The van der Waals surface area contributed by atoms with Gasteiger partial charge in [-0.25, -0.2) is 17.9 Å². The number of likely N-dealkylation sites (tertiary alicyclic amines) is 1. The molecule has 1 N–H and O–H groups in total. The van der Waals surface area contributed by atoms with Gasteiger partial charge >= 0.3 is 5.97 Å². The molecule has 0 aliphatic carbocycles. The van der Waals surface area contributed by atoms with Gasteiger partial charge in [-0.1, -0.05) is 6.92 Å². The molecule has 1 saturated heterocycles. The van der Waals surface area contributed by atoms with Crippen molar-refractivity contribution in [2.24, 2.45) is 0 Å². The molecule has 0 spiro atoms. The minimum atomic E-state index is -3.74. The molecular formula is C19H25N3O5S. The van der Waals surface area contributed by atoms with Crippen molar-refractivity contribution in [3.63, 3.8) is 0 Å². The van der Waals surface area contributed by atoms with E-state index in [1.54, 1.807) is 4.90 Å². The molecular weight excluding hydrogens is 382 g/mol. The molecule has 8 nitrogen and oxygen atoms in total. The minimum absolute atomic E-state index is 0.0139. The smallest absolute Gasteiger partial charge is 0.338 e. The molecule has 1 unspecified atom stereocenters. The molecule has 1 aliphatic rings. The van der Waals surface area contributed by atoms with E-state index in [0.717, 1.165) is 25.7 Å². The predicted molar refractivity (Wildman–Crippen MR) is 102 cm³/mol. The Morgan fingerprint density at radius 2 is 2.00 bits per heavy atom. The molecule has 1 aromatic carbocycles. The first-order chi connectivity index (χ1) is 13.4. The van der Waals surface area contributed by atoms with Gasteiger partial charge in [-0.2, -0.15) is 5.26 Å². The summed E-state index contributed by atoms with van der Waals surface area (Å²) >= 11 is 0. The van der Waals surface area contributed by atoms with Crippen LogP contribution in [0.4, 0.5) is 0 Å². The standard InChI is InChI=1S/C19H25N3O5S/c1-2-16-6-3-4-13-22(16)18(23)14-27-19(24)15-7-9-17(10-8-15)28(25,26)21-12-5-11-20/h7-10,16,21H,2-6,12-14H2,1H3. The summed E-state index contributed by atoms with van der Waals surface area (Å²) in [4.78, 5) is 26.3. The predicted octanol–water partition coefficient (Wildman–Crippen LogP) is 1.83. The van der Waals surface area contributed by atoms with E-state index >= 15 is 0 Å². The van der Waals surface area contributed by atoms with Crippen LogP contribution in [0.15, 0.2) is 29.2 Å². The maximum atomic E-state index is 12.4. The molecule has 1 aromatic rings. The van der Waals surface area contributed by atoms with Gasteiger partial charge in [0.15, 0.2) is 6.61 Å². The van der Waals surface area contributed by atoms with Crippen molar-refractivity contribution >= 4 is 21.9 Å². The normalized spacial score (nSPS) is 17.0. The van der Waals surface area contributed by atoms with Crippen LogP contribution in [0.3, 0.4) is 0 Å². The molecule has 2 rings (SSSR count). The zero-order valence-electron chi connectivity index (χ0n) is 15.9. The molecule has 0 aromatic heterocycles. The van der Waals surface area contributed by atoms with Crippen LogP contribution in [0.1, 0.15) is 49.4 Å². The Hall–Kier alpha value is -2.44. The van der Waals surface area contributed by atoms with Gasteiger partial charge in [-0.05, 0) is 49.9 Å². The van der Waals surface area contributed by atoms with Crippen LogP contribution in [0, 0.1) is 11.3 Å². The number of nitriles is 1. The van der Waals surface area contributed by atoms with Crippen LogP contribution in [0.2, 0.25) is 0 Å². The fourth-order valence-electron chi connectivity index (χ4n) is 3.14. The Morgan fingerprint density at radius 1 is 1.29 bits per heavy atom. The lowest BCUT2D eigenvalue weighted by Gasteiger charge is -2.35. The molecule has 0 bridgehead atoms. The number of sulfonamides is 1. The van der Waals surface area contributed by atoms with Crippen LogP contribution in [0.5, 0.6) is 0 Å². The number of ether oxygens (including phenoxy) is 1. The lowest BCUT2D eigenvalue weighted by molar-refractivity contribution is -0.138. The van der Waals surface area contributed by atoms with E-state index < -0.39 is 16.0 Å². The monoisotopic (exact) mass is 407 g/mol. The quantitative estimate of drug-likeness (QED) is 0.519. The van der Waals surface area contributed by atoms with Crippen LogP contribution in [-0.4, -0.2) is 50.9 Å². The second-order valence-electron chi connectivity index (χ2n) is 6.55. The van der Waals surface area contributed by atoms with Gasteiger partial charge in [-0.15, -0.1) is 0 Å². The van der Waals surface area contributed by atoms with Gasteiger partial charge in [0, 0.05) is 25.6 Å². The lowest BCUT2D eigenvalue weighted by atomic mass is 10.00. The first-order valence-corrected chi connectivity index (χ1v) is 10.8. The Kier molecular flexibility index (Phi) is 7.96. The number of benzene rings is 1. The molecule has 0 saturated carbocycles. The highest BCUT2D eigenvalue weighted by Crippen LogP contribution is 2.19. The number of amides is 1. The second kappa shape index (κ2) is 10.2. The van der Waals surface area contributed by atoms with E-state index in [1.807, 2.05) is 13.0 Å². The number of nitrogens with zero attached hydrogens (tertiary/aromatic N) is 2. The Labute approximate surface area is 165 Å². The molecule has 1 atom stereocenters. The molecule has 1 fully saturated rings. The summed E-state index contributed by atoms with van der Waals surface area (Å²) in [6.07, 6.45) is 3.96. The summed E-state index contributed by atoms with van der Waals surface area (Å²) in [6.45, 7) is 2.40. The fraction of sp³-hybridized carbons (Fsp3) is 0.526. The number of carbonyl (C=O) groups excluding carboxylic acids is 2. The van der Waals surface area contributed by atoms with Gasteiger partial charge in [0.1, 0.15) is 0 Å². The number of rotatable bonds is 8. The van der Waals surface area contributed by atoms with Gasteiger partial charge in [0.25, 0.3) is 5.91 Å². The Balaban J connectivity index is 1.92. The maximum absolute atomic E-state index is 12.4. The van der Waals surface area contributed by atoms with Crippen LogP contribution in [0.25, 0.3) is 0 Å². The van der Waals surface area contributed by atoms with E-state index in [9.17, 15) is 18.0 Å². The molecule has 1 heterocycles. The molecule has 1 amide bonds. The van der Waals surface area contributed by atoms with Crippen molar-refractivity contribution in [3.05, 3.63) is 29.8 Å². The first kappa shape index (κ1) is 21.9. The summed E-state index contributed by atoms with van der Waals surface area (Å²) < 4.78 is 31.5. The van der Waals surface area contributed by atoms with E-state index in [2.05, 4.69) is 4.72 Å². The number of hydrogen-bond donors (Lipinski definition) is 1. The van der Waals surface area contributed by atoms with Crippen LogP contribution in [-0.2, 0) is 19.6 Å². The number of carbonyl (C=O) groups is 2. The third-order valence-corrected chi connectivity index (χ3v) is 6.15. The van der Waals surface area contributed by atoms with Crippen LogP contribution < -0.4 is 4.72 Å². The number of hydrogen-bond acceptors (Lipinski definition) is 6. The van der Waals surface area contributed by atoms with E-state index in [0.29, 0.717) is 6.54 Å². The average Bonchev–Trinajstić information content (AvgIpc) is 2.71. The topological polar surface area (TPSA) is 117 Å².